The van der Waals surface area contributed by atoms with Gasteiger partial charge in [-0.1, -0.05) is 20.8 Å². The van der Waals surface area contributed by atoms with Crippen molar-refractivity contribution < 1.29 is 19.1 Å². The van der Waals surface area contributed by atoms with Crippen molar-refractivity contribution in [2.75, 3.05) is 0 Å². The van der Waals surface area contributed by atoms with Crippen molar-refractivity contribution in [3.05, 3.63) is 0 Å². The first-order chi connectivity index (χ1) is 10.4. The fourth-order valence-electron chi connectivity index (χ4n) is 5.48. The fraction of sp³-hybridized carbons (Fsp3) is 0.842. The molecule has 0 saturated heterocycles. The van der Waals surface area contributed by atoms with E-state index in [1.165, 1.54) is 0 Å². The van der Waals surface area contributed by atoms with Gasteiger partial charge in [0.2, 0.25) is 11.6 Å². The van der Waals surface area contributed by atoms with E-state index in [9.17, 15) is 14.4 Å². The van der Waals surface area contributed by atoms with E-state index in [1.54, 1.807) is 0 Å². The fourth-order valence-corrected chi connectivity index (χ4v) is 5.48. The van der Waals surface area contributed by atoms with E-state index in [-0.39, 0.29) is 28.5 Å². The van der Waals surface area contributed by atoms with Crippen molar-refractivity contribution >= 4 is 17.5 Å². The Morgan fingerprint density at radius 2 is 1.65 bits per heavy atom. The van der Waals surface area contributed by atoms with Crippen LogP contribution in [0.4, 0.5) is 0 Å². The Balaban J connectivity index is 2.03. The van der Waals surface area contributed by atoms with Gasteiger partial charge in [-0.3, -0.25) is 14.4 Å². The van der Waals surface area contributed by atoms with Gasteiger partial charge in [0.1, 0.15) is 0 Å². The summed E-state index contributed by atoms with van der Waals surface area (Å²) in [5, 5.41) is 0. The smallest absolute Gasteiger partial charge is 0.312 e. The molecule has 128 valence electrons. The Labute approximate surface area is 138 Å². The third-order valence-corrected chi connectivity index (χ3v) is 6.49. The van der Waals surface area contributed by atoms with Crippen LogP contribution in [0.15, 0.2) is 0 Å². The molecular weight excluding hydrogens is 292 g/mol. The molecule has 4 heteroatoms. The molecule has 0 aromatic rings. The standard InChI is InChI=1S/C19H28O4/c1-6-16(2,3)15(22)23-19-10-17(4)7-12(13(20)14(19)21)8-18(5,9-17)11-19/h12H,6-11H2,1-5H3. The minimum atomic E-state index is -1.23. The first-order valence-electron chi connectivity index (χ1n) is 8.76. The molecule has 2 unspecified atom stereocenters. The van der Waals surface area contributed by atoms with Crippen LogP contribution in [0.1, 0.15) is 73.1 Å². The van der Waals surface area contributed by atoms with Crippen LogP contribution in [0.2, 0.25) is 0 Å². The second-order valence-corrected chi connectivity index (χ2v) is 9.57. The molecular formula is C19H28O4. The van der Waals surface area contributed by atoms with Gasteiger partial charge in [-0.15, -0.1) is 0 Å². The zero-order valence-corrected chi connectivity index (χ0v) is 15.0. The minimum Gasteiger partial charge on any atom is -0.450 e. The van der Waals surface area contributed by atoms with E-state index < -0.39 is 16.8 Å². The molecule has 0 spiro atoms. The molecule has 0 radical (unpaired) electrons. The maximum atomic E-state index is 12.9. The Morgan fingerprint density at radius 1 is 1.13 bits per heavy atom. The number of hydrogen-bond donors (Lipinski definition) is 0. The summed E-state index contributed by atoms with van der Waals surface area (Å²) in [7, 11) is 0. The summed E-state index contributed by atoms with van der Waals surface area (Å²) in [6.07, 6.45) is 4.16. The van der Waals surface area contributed by atoms with E-state index in [2.05, 4.69) is 13.8 Å². The first kappa shape index (κ1) is 16.7. The first-order valence-corrected chi connectivity index (χ1v) is 8.76. The molecule has 0 N–H and O–H groups in total. The lowest BCUT2D eigenvalue weighted by Crippen LogP contribution is -2.55. The second kappa shape index (κ2) is 4.67. The van der Waals surface area contributed by atoms with E-state index >= 15 is 0 Å². The Bertz CT molecular complexity index is 570. The lowest BCUT2D eigenvalue weighted by Gasteiger charge is -2.54. The van der Waals surface area contributed by atoms with E-state index in [1.807, 2.05) is 20.8 Å². The third kappa shape index (κ3) is 2.45. The number of Topliss-reactive ketones (excluding diaryl/α,β-unsaturated/α-hetero) is 2. The summed E-state index contributed by atoms with van der Waals surface area (Å²) in [5.74, 6) is -1.30. The highest BCUT2D eigenvalue weighted by Gasteiger charge is 2.65. The Hall–Kier alpha value is -1.19. The van der Waals surface area contributed by atoms with Crippen LogP contribution in [0.3, 0.4) is 0 Å². The molecule has 4 rings (SSSR count). The monoisotopic (exact) mass is 320 g/mol. The zero-order valence-electron chi connectivity index (χ0n) is 15.0. The van der Waals surface area contributed by atoms with Crippen LogP contribution < -0.4 is 0 Å². The minimum absolute atomic E-state index is 0.0889. The Kier molecular flexibility index (Phi) is 3.38. The normalized spacial score (nSPS) is 42.7. The van der Waals surface area contributed by atoms with Crippen LogP contribution in [-0.2, 0) is 19.1 Å². The molecule has 4 aliphatic rings. The average molecular weight is 320 g/mol. The molecule has 0 heterocycles. The molecule has 4 saturated carbocycles. The Morgan fingerprint density at radius 3 is 2.13 bits per heavy atom. The van der Waals surface area contributed by atoms with Gasteiger partial charge in [0.25, 0.3) is 0 Å². The summed E-state index contributed by atoms with van der Waals surface area (Å²) in [5.41, 5.74) is -2.04. The number of hydrogen-bond acceptors (Lipinski definition) is 4. The number of fused-ring (bicyclic) bond motifs is 1. The van der Waals surface area contributed by atoms with Gasteiger partial charge in [0.05, 0.1) is 5.41 Å². The van der Waals surface area contributed by atoms with Crippen LogP contribution in [0.5, 0.6) is 0 Å². The van der Waals surface area contributed by atoms with E-state index in [0.717, 1.165) is 19.3 Å². The topological polar surface area (TPSA) is 60.4 Å². The third-order valence-electron chi connectivity index (χ3n) is 6.49. The maximum Gasteiger partial charge on any atom is 0.312 e. The summed E-state index contributed by atoms with van der Waals surface area (Å²) >= 11 is 0. The predicted octanol–water partition coefficient (Wildman–Crippen LogP) is 3.46. The summed E-state index contributed by atoms with van der Waals surface area (Å²) in [6, 6.07) is 0. The SMILES string of the molecule is CCC(C)(C)C(=O)OC12CC3(C)CC(CC(C)(C3)C1)C(=O)C2=O. The van der Waals surface area contributed by atoms with Crippen molar-refractivity contribution in [3.8, 4) is 0 Å². The molecule has 4 fully saturated rings. The molecule has 4 aliphatic carbocycles. The van der Waals surface area contributed by atoms with Gasteiger partial charge >= 0.3 is 5.97 Å². The number of carbonyl (C=O) groups excluding carboxylic acids is 3. The summed E-state index contributed by atoms with van der Waals surface area (Å²) in [4.78, 5) is 38.2. The van der Waals surface area contributed by atoms with Gasteiger partial charge in [-0.05, 0) is 50.4 Å². The molecule has 4 bridgehead atoms. The molecule has 0 aromatic carbocycles. The van der Waals surface area contributed by atoms with Crippen LogP contribution in [-0.4, -0.2) is 23.1 Å². The van der Waals surface area contributed by atoms with Crippen LogP contribution in [0.25, 0.3) is 0 Å². The highest BCUT2D eigenvalue weighted by molar-refractivity contribution is 6.41. The van der Waals surface area contributed by atoms with Crippen molar-refractivity contribution in [3.63, 3.8) is 0 Å². The largest absolute Gasteiger partial charge is 0.450 e. The highest BCUT2D eigenvalue weighted by Crippen LogP contribution is 2.63. The van der Waals surface area contributed by atoms with E-state index in [0.29, 0.717) is 19.3 Å². The van der Waals surface area contributed by atoms with Crippen LogP contribution >= 0.6 is 0 Å². The summed E-state index contributed by atoms with van der Waals surface area (Å²) < 4.78 is 5.89. The summed E-state index contributed by atoms with van der Waals surface area (Å²) in [6.45, 7) is 9.89. The lowest BCUT2D eigenvalue weighted by atomic mass is 9.52. The van der Waals surface area contributed by atoms with Gasteiger partial charge < -0.3 is 4.74 Å². The van der Waals surface area contributed by atoms with E-state index in [4.69, 9.17) is 4.74 Å². The zero-order chi connectivity index (χ0) is 17.3. The second-order valence-electron chi connectivity index (χ2n) is 9.57. The van der Waals surface area contributed by atoms with Crippen molar-refractivity contribution in [2.24, 2.45) is 22.2 Å². The number of esters is 1. The predicted molar refractivity (Wildman–Crippen MR) is 85.7 cm³/mol. The lowest BCUT2D eigenvalue weighted by molar-refractivity contribution is -0.191. The van der Waals surface area contributed by atoms with Crippen molar-refractivity contribution in [2.45, 2.75) is 78.7 Å². The molecule has 23 heavy (non-hydrogen) atoms. The molecule has 0 aromatic heterocycles. The average Bonchev–Trinajstić information content (AvgIpc) is 2.50. The number of rotatable bonds is 3. The van der Waals surface area contributed by atoms with Gasteiger partial charge in [-0.2, -0.15) is 0 Å². The van der Waals surface area contributed by atoms with Gasteiger partial charge in [0, 0.05) is 18.8 Å². The molecule has 4 nitrogen and oxygen atoms in total. The molecule has 0 aliphatic heterocycles. The van der Waals surface area contributed by atoms with Crippen molar-refractivity contribution in [1.82, 2.24) is 0 Å². The van der Waals surface area contributed by atoms with Crippen molar-refractivity contribution in [1.29, 1.82) is 0 Å². The van der Waals surface area contributed by atoms with Gasteiger partial charge in [0.15, 0.2) is 5.60 Å². The molecule has 2 atom stereocenters. The molecule has 0 amide bonds. The number of ketones is 2. The number of ether oxygens (including phenoxy) is 1. The maximum absolute atomic E-state index is 12.9. The quantitative estimate of drug-likeness (QED) is 0.590. The number of carbonyl (C=O) groups is 3. The highest BCUT2D eigenvalue weighted by atomic mass is 16.6. The van der Waals surface area contributed by atoms with Gasteiger partial charge in [-0.25, -0.2) is 0 Å². The van der Waals surface area contributed by atoms with Crippen LogP contribution in [0, 0.1) is 22.2 Å².